The van der Waals surface area contributed by atoms with E-state index in [-0.39, 0.29) is 0 Å². The van der Waals surface area contributed by atoms with Crippen molar-refractivity contribution in [3.05, 3.63) is 0 Å². The minimum Gasteiger partial charge on any atom is -0.126 e. The van der Waals surface area contributed by atoms with E-state index in [2.05, 4.69) is 41.5 Å². The number of hydrogen-bond acceptors (Lipinski definition) is 0. The standard InChI is InChI=1S/C12H26BCl3Si/c1-9(2)11(5)13(12(6)10(3)4)7-8-17(14,15)16/h9-12H,7-8H2,1-6H3. The molecule has 5 heteroatoms. The van der Waals surface area contributed by atoms with Gasteiger partial charge in [0.05, 0.1) is 0 Å². The Balaban J connectivity index is 4.62. The van der Waals surface area contributed by atoms with Crippen LogP contribution < -0.4 is 0 Å². The molecule has 0 saturated carbocycles. The largest absolute Gasteiger partial charge is 0.340 e. The van der Waals surface area contributed by atoms with Gasteiger partial charge in [0.2, 0.25) is 0 Å². The van der Waals surface area contributed by atoms with Gasteiger partial charge in [-0.2, -0.15) is 0 Å². The zero-order valence-corrected chi connectivity index (χ0v) is 15.2. The SMILES string of the molecule is CC(C)C(C)B(CC[Si](Cl)(Cl)Cl)C(C)C(C)C. The van der Waals surface area contributed by atoms with Crippen LogP contribution in [-0.4, -0.2) is 12.7 Å². The summed E-state index contributed by atoms with van der Waals surface area (Å²) in [7, 11) is 0. The van der Waals surface area contributed by atoms with Crippen molar-refractivity contribution in [2.24, 2.45) is 11.8 Å². The van der Waals surface area contributed by atoms with E-state index in [1.807, 2.05) is 0 Å². The van der Waals surface area contributed by atoms with Gasteiger partial charge in [0, 0.05) is 0 Å². The molecular formula is C12H26BCl3Si. The highest BCUT2D eigenvalue weighted by atomic mass is 35.8. The molecule has 0 aromatic rings. The predicted octanol–water partition coefficient (Wildman–Crippen LogP) is 6.23. The van der Waals surface area contributed by atoms with Crippen LogP contribution in [0.15, 0.2) is 0 Å². The van der Waals surface area contributed by atoms with Gasteiger partial charge in [-0.3, -0.25) is 0 Å². The van der Waals surface area contributed by atoms with Crippen LogP contribution in [0, 0.1) is 11.8 Å². The van der Waals surface area contributed by atoms with E-state index in [0.717, 1.165) is 12.4 Å². The van der Waals surface area contributed by atoms with Crippen LogP contribution in [0.4, 0.5) is 0 Å². The molecule has 0 rings (SSSR count). The summed E-state index contributed by atoms with van der Waals surface area (Å²) in [4.78, 5) is 0. The average Bonchev–Trinajstić information content (AvgIpc) is 2.15. The molecule has 102 valence electrons. The molecule has 0 heterocycles. The van der Waals surface area contributed by atoms with Crippen LogP contribution in [0.5, 0.6) is 0 Å². The Morgan fingerprint density at radius 2 is 1.18 bits per heavy atom. The van der Waals surface area contributed by atoms with Gasteiger partial charge in [-0.25, -0.2) is 0 Å². The first kappa shape index (κ1) is 18.2. The molecule has 0 spiro atoms. The van der Waals surface area contributed by atoms with Crippen LogP contribution in [0.3, 0.4) is 0 Å². The summed E-state index contributed by atoms with van der Waals surface area (Å²) >= 11 is 18.0. The normalized spacial score (nSPS) is 16.4. The molecule has 17 heavy (non-hydrogen) atoms. The first-order valence-corrected chi connectivity index (χ1v) is 11.9. The summed E-state index contributed by atoms with van der Waals surface area (Å²) in [6.07, 6.45) is 1.06. The minimum atomic E-state index is -2.46. The van der Waals surface area contributed by atoms with Crippen LogP contribution in [0.25, 0.3) is 0 Å². The van der Waals surface area contributed by atoms with Gasteiger partial charge in [-0.05, 0) is 6.04 Å². The van der Waals surface area contributed by atoms with Crippen molar-refractivity contribution < 1.29 is 0 Å². The monoisotopic (exact) mass is 314 g/mol. The quantitative estimate of drug-likeness (QED) is 0.386. The third kappa shape index (κ3) is 7.35. The highest BCUT2D eigenvalue weighted by molar-refractivity contribution is 7.64. The van der Waals surface area contributed by atoms with Crippen molar-refractivity contribution in [2.45, 2.75) is 65.5 Å². The second-order valence-electron chi connectivity index (χ2n) is 6.02. The Morgan fingerprint density at radius 1 is 0.824 bits per heavy atom. The summed E-state index contributed by atoms with van der Waals surface area (Å²) in [5.74, 6) is 2.76. The third-order valence-corrected chi connectivity index (χ3v) is 6.77. The van der Waals surface area contributed by atoms with Crippen molar-refractivity contribution in [2.75, 3.05) is 0 Å². The van der Waals surface area contributed by atoms with E-state index >= 15 is 0 Å². The van der Waals surface area contributed by atoms with Gasteiger partial charge >= 0.3 is 6.00 Å². The van der Waals surface area contributed by atoms with E-state index in [9.17, 15) is 0 Å². The minimum absolute atomic E-state index is 0.665. The molecule has 0 aliphatic rings. The number of rotatable bonds is 7. The van der Waals surface area contributed by atoms with E-state index in [1.54, 1.807) is 0 Å². The summed E-state index contributed by atoms with van der Waals surface area (Å²) in [5, 5.41) is 0. The lowest BCUT2D eigenvalue weighted by atomic mass is 9.30. The van der Waals surface area contributed by atoms with Gasteiger partial charge in [0.1, 0.15) is 6.71 Å². The Hall–Kier alpha value is 1.15. The molecule has 0 aromatic heterocycles. The molecule has 0 radical (unpaired) electrons. The smallest absolute Gasteiger partial charge is 0.126 e. The molecule has 0 N–H and O–H groups in total. The average molecular weight is 316 g/mol. The second-order valence-corrected chi connectivity index (χ2v) is 15.3. The van der Waals surface area contributed by atoms with Crippen molar-refractivity contribution >= 4 is 46.0 Å². The van der Waals surface area contributed by atoms with Gasteiger partial charge < -0.3 is 0 Å². The molecule has 2 atom stereocenters. The van der Waals surface area contributed by atoms with Crippen molar-refractivity contribution in [3.63, 3.8) is 0 Å². The van der Waals surface area contributed by atoms with Gasteiger partial charge in [-0.1, -0.05) is 71.3 Å². The topological polar surface area (TPSA) is 0 Å². The van der Waals surface area contributed by atoms with Crippen LogP contribution in [0.1, 0.15) is 41.5 Å². The van der Waals surface area contributed by atoms with Crippen LogP contribution in [0.2, 0.25) is 24.0 Å². The zero-order valence-electron chi connectivity index (χ0n) is 11.9. The summed E-state index contributed by atoms with van der Waals surface area (Å²) in [6, 6.07) is -1.68. The maximum Gasteiger partial charge on any atom is 0.340 e. The molecule has 0 fully saturated rings. The lowest BCUT2D eigenvalue weighted by molar-refractivity contribution is 0.560. The molecule has 0 saturated heterocycles. The summed E-state index contributed by atoms with van der Waals surface area (Å²) in [6.45, 7) is 14.5. The first-order valence-electron chi connectivity index (χ1n) is 6.63. The van der Waals surface area contributed by atoms with E-state index in [1.165, 1.54) is 0 Å². The highest BCUT2D eigenvalue weighted by Gasteiger charge is 2.34. The van der Waals surface area contributed by atoms with E-state index in [4.69, 9.17) is 33.2 Å². The van der Waals surface area contributed by atoms with Crippen LogP contribution >= 0.6 is 33.2 Å². The Labute approximate surface area is 123 Å². The fourth-order valence-electron chi connectivity index (χ4n) is 2.32. The number of halogens is 3. The fraction of sp³-hybridized carbons (Fsp3) is 1.00. The lowest BCUT2D eigenvalue weighted by Gasteiger charge is -2.32. The molecule has 0 amide bonds. The maximum absolute atomic E-state index is 6.02. The van der Waals surface area contributed by atoms with Gasteiger partial charge in [0.25, 0.3) is 0 Å². The zero-order chi connectivity index (χ0) is 13.8. The van der Waals surface area contributed by atoms with Gasteiger partial charge in [0.15, 0.2) is 0 Å². The molecule has 0 bridgehead atoms. The van der Waals surface area contributed by atoms with Gasteiger partial charge in [-0.15, -0.1) is 33.2 Å². The second kappa shape index (κ2) is 7.67. The Morgan fingerprint density at radius 3 is 1.41 bits per heavy atom. The first-order chi connectivity index (χ1) is 7.56. The Bertz CT molecular complexity index is 202. The molecule has 2 unspecified atom stereocenters. The molecule has 0 aliphatic heterocycles. The highest BCUT2D eigenvalue weighted by Crippen LogP contribution is 2.38. The predicted molar refractivity (Wildman–Crippen MR) is 87.2 cm³/mol. The molecule has 0 aromatic carbocycles. The van der Waals surface area contributed by atoms with E-state index in [0.29, 0.717) is 30.2 Å². The third-order valence-electron chi connectivity index (χ3n) is 4.21. The van der Waals surface area contributed by atoms with Crippen molar-refractivity contribution in [1.29, 1.82) is 0 Å². The van der Waals surface area contributed by atoms with E-state index < -0.39 is 6.00 Å². The molecular weight excluding hydrogens is 289 g/mol. The van der Waals surface area contributed by atoms with Crippen molar-refractivity contribution in [3.8, 4) is 0 Å². The fourth-order valence-corrected chi connectivity index (χ4v) is 3.97. The Kier molecular flexibility index (Phi) is 8.19. The molecule has 0 aliphatic carbocycles. The summed E-state index contributed by atoms with van der Waals surface area (Å²) in [5.41, 5.74) is 0. The maximum atomic E-state index is 6.02. The number of hydrogen-bond donors (Lipinski definition) is 0. The van der Waals surface area contributed by atoms with Crippen LogP contribution in [-0.2, 0) is 0 Å². The summed E-state index contributed by atoms with van der Waals surface area (Å²) < 4.78 is 0. The van der Waals surface area contributed by atoms with Crippen molar-refractivity contribution in [1.82, 2.24) is 0 Å². The molecule has 0 nitrogen and oxygen atoms in total. The lowest BCUT2D eigenvalue weighted by Crippen LogP contribution is -2.31.